The lowest BCUT2D eigenvalue weighted by molar-refractivity contribution is 0.261. The van der Waals surface area contributed by atoms with Gasteiger partial charge in [0.15, 0.2) is 0 Å². The van der Waals surface area contributed by atoms with E-state index in [0.717, 1.165) is 37.2 Å². The lowest BCUT2D eigenvalue weighted by Gasteiger charge is -2.12. The van der Waals surface area contributed by atoms with Crippen molar-refractivity contribution in [2.75, 3.05) is 40.5 Å². The molecule has 0 aromatic rings. The number of nitrogens with zero attached hydrogens (tertiary/aromatic N) is 2. The molecule has 0 bridgehead atoms. The van der Waals surface area contributed by atoms with Crippen molar-refractivity contribution in [2.45, 2.75) is 25.7 Å². The second-order valence-corrected chi connectivity index (χ2v) is 4.86. The van der Waals surface area contributed by atoms with Crippen LogP contribution >= 0.6 is 0 Å². The molecule has 1 heterocycles. The van der Waals surface area contributed by atoms with Gasteiger partial charge in [0.2, 0.25) is 5.90 Å². The van der Waals surface area contributed by atoms with Crippen LogP contribution in [-0.4, -0.2) is 52.6 Å². The number of rotatable bonds is 5. The predicted molar refractivity (Wildman–Crippen MR) is 85.7 cm³/mol. The summed E-state index contributed by atoms with van der Waals surface area (Å²) in [5.41, 5.74) is 6.56. The minimum Gasteiger partial charge on any atom is -0.475 e. The van der Waals surface area contributed by atoms with E-state index in [4.69, 9.17) is 4.74 Å². The molecule has 0 aromatic carbocycles. The molecule has 3 N–H and O–H groups in total. The number of aliphatic imine (C=N–C) groups is 2. The van der Waals surface area contributed by atoms with Crippen molar-refractivity contribution < 1.29 is 9.13 Å². The van der Waals surface area contributed by atoms with E-state index in [1.807, 2.05) is 6.21 Å². The minimum atomic E-state index is -0.495. The average molecular weight is 298 g/mol. The zero-order chi connectivity index (χ0) is 15.5. The van der Waals surface area contributed by atoms with Crippen LogP contribution in [0.5, 0.6) is 0 Å². The molecular weight excluding hydrogens is 271 g/mol. The van der Waals surface area contributed by atoms with Crippen LogP contribution < -0.4 is 11.1 Å². The molecule has 0 aromatic heterocycles. The van der Waals surface area contributed by atoms with Gasteiger partial charge < -0.3 is 15.8 Å². The van der Waals surface area contributed by atoms with Gasteiger partial charge >= 0.3 is 0 Å². The first-order valence-electron chi connectivity index (χ1n) is 7.55. The van der Waals surface area contributed by atoms with Gasteiger partial charge in [-0.1, -0.05) is 0 Å². The Bertz CT molecular complexity index is 389. The van der Waals surface area contributed by atoms with E-state index in [1.54, 1.807) is 7.05 Å². The lowest BCUT2D eigenvalue weighted by Crippen LogP contribution is -2.16. The fourth-order valence-electron chi connectivity index (χ4n) is 2.08. The van der Waals surface area contributed by atoms with Gasteiger partial charge in [-0.25, -0.2) is 4.39 Å². The van der Waals surface area contributed by atoms with Gasteiger partial charge in [0.1, 0.15) is 13.3 Å². The molecule has 5 nitrogen and oxygen atoms in total. The van der Waals surface area contributed by atoms with E-state index in [-0.39, 0.29) is 6.61 Å². The van der Waals surface area contributed by atoms with Gasteiger partial charge in [-0.3, -0.25) is 9.98 Å². The molecule has 21 heavy (non-hydrogen) atoms. The Balaban J connectivity index is 0.00000106. The van der Waals surface area contributed by atoms with Crippen molar-refractivity contribution in [1.29, 1.82) is 0 Å². The third-order valence-electron chi connectivity index (χ3n) is 3.28. The fourth-order valence-corrected chi connectivity index (χ4v) is 2.08. The van der Waals surface area contributed by atoms with E-state index in [1.165, 1.54) is 19.9 Å². The highest BCUT2D eigenvalue weighted by molar-refractivity contribution is 5.94. The normalized spacial score (nSPS) is 20.1. The van der Waals surface area contributed by atoms with Crippen LogP contribution in [0.25, 0.3) is 0 Å². The van der Waals surface area contributed by atoms with Crippen LogP contribution in [0.4, 0.5) is 4.39 Å². The molecule has 0 amide bonds. The third kappa shape index (κ3) is 6.35. The van der Waals surface area contributed by atoms with Crippen molar-refractivity contribution in [3.8, 4) is 0 Å². The molecule has 2 rings (SSSR count). The fraction of sp³-hybridized carbons (Fsp3) is 0.733. The van der Waals surface area contributed by atoms with E-state index in [9.17, 15) is 4.39 Å². The molecule has 0 spiro atoms. The first kappa shape index (κ1) is 17.8. The number of nitrogens with one attached hydrogen (secondary N) is 1. The predicted octanol–water partition coefficient (Wildman–Crippen LogP) is 1.69. The zero-order valence-electron chi connectivity index (χ0n) is 13.1. The van der Waals surface area contributed by atoms with Crippen molar-refractivity contribution in [2.24, 2.45) is 21.6 Å². The average Bonchev–Trinajstić information content (AvgIpc) is 3.35. The van der Waals surface area contributed by atoms with Crippen LogP contribution in [0.1, 0.15) is 25.7 Å². The van der Waals surface area contributed by atoms with Crippen LogP contribution in [0, 0.1) is 5.92 Å². The number of ether oxygens (including phenoxy) is 1. The quantitative estimate of drug-likeness (QED) is 0.599. The van der Waals surface area contributed by atoms with E-state index in [0.29, 0.717) is 11.8 Å². The van der Waals surface area contributed by atoms with Gasteiger partial charge in [0, 0.05) is 37.5 Å². The molecule has 6 heteroatoms. The first-order valence-corrected chi connectivity index (χ1v) is 7.55. The summed E-state index contributed by atoms with van der Waals surface area (Å²) < 4.78 is 17.7. The van der Waals surface area contributed by atoms with Gasteiger partial charge in [-0.15, -0.1) is 0 Å². The van der Waals surface area contributed by atoms with Crippen molar-refractivity contribution >= 4 is 12.1 Å². The Morgan fingerprint density at radius 3 is 2.71 bits per heavy atom. The highest BCUT2D eigenvalue weighted by Crippen LogP contribution is 2.27. The van der Waals surface area contributed by atoms with Gasteiger partial charge in [0.25, 0.3) is 0 Å². The topological polar surface area (TPSA) is 72.0 Å². The maximum absolute atomic E-state index is 12.3. The Kier molecular flexibility index (Phi) is 8.85. The summed E-state index contributed by atoms with van der Waals surface area (Å²) in [5, 5.41) is 3.35. The lowest BCUT2D eigenvalue weighted by atomic mass is 10.1. The Morgan fingerprint density at radius 1 is 1.38 bits per heavy atom. The maximum Gasteiger partial charge on any atom is 0.213 e. The molecule has 0 unspecified atom stereocenters. The first-order chi connectivity index (χ1) is 10.3. The third-order valence-corrected chi connectivity index (χ3v) is 3.28. The SMILES string of the molecule is CN.CN=C(OCCF)C1=C(N=CC2CC2)CCNCC1. The smallest absolute Gasteiger partial charge is 0.213 e. The Morgan fingerprint density at radius 2 is 2.10 bits per heavy atom. The number of nitrogens with two attached hydrogens (primary N) is 1. The summed E-state index contributed by atoms with van der Waals surface area (Å²) in [7, 11) is 3.18. The Labute approximate surface area is 126 Å². The minimum absolute atomic E-state index is 0.0588. The van der Waals surface area contributed by atoms with E-state index >= 15 is 0 Å². The highest BCUT2D eigenvalue weighted by atomic mass is 19.1. The molecule has 2 aliphatic rings. The number of alkyl halides is 1. The van der Waals surface area contributed by atoms with Crippen LogP contribution in [0.2, 0.25) is 0 Å². The second-order valence-electron chi connectivity index (χ2n) is 4.86. The van der Waals surface area contributed by atoms with E-state index in [2.05, 4.69) is 21.0 Å². The molecule has 1 aliphatic heterocycles. The van der Waals surface area contributed by atoms with Crippen molar-refractivity contribution in [3.63, 3.8) is 0 Å². The van der Waals surface area contributed by atoms with Crippen LogP contribution in [-0.2, 0) is 4.74 Å². The monoisotopic (exact) mass is 298 g/mol. The summed E-state index contributed by atoms with van der Waals surface area (Å²) in [6.45, 7) is 1.37. The van der Waals surface area contributed by atoms with Gasteiger partial charge in [0.05, 0.1) is 0 Å². The maximum atomic E-state index is 12.3. The molecule has 0 saturated heterocycles. The zero-order valence-corrected chi connectivity index (χ0v) is 13.1. The molecule has 1 fully saturated rings. The summed E-state index contributed by atoms with van der Waals surface area (Å²) in [6.07, 6.45) is 6.24. The van der Waals surface area contributed by atoms with Crippen LogP contribution in [0.15, 0.2) is 21.3 Å². The van der Waals surface area contributed by atoms with Gasteiger partial charge in [-0.2, -0.15) is 0 Å². The molecule has 120 valence electrons. The summed E-state index contributed by atoms with van der Waals surface area (Å²) in [6, 6.07) is 0. The largest absolute Gasteiger partial charge is 0.475 e. The number of hydrogen-bond acceptors (Lipinski definition) is 5. The molecule has 0 atom stereocenters. The highest BCUT2D eigenvalue weighted by Gasteiger charge is 2.20. The standard InChI is InChI=1S/C14H22FN3O.CH5N/c1-16-14(19-9-6-15)12-4-7-17-8-5-13(12)18-10-11-2-3-11;1-2/h10-11,17H,2-9H2,1H3;2H2,1H3. The van der Waals surface area contributed by atoms with Gasteiger partial charge in [-0.05, 0) is 38.8 Å². The summed E-state index contributed by atoms with van der Waals surface area (Å²) in [5.74, 6) is 1.20. The van der Waals surface area contributed by atoms with E-state index < -0.39 is 6.67 Å². The Hall–Kier alpha value is -1.27. The molecule has 1 saturated carbocycles. The number of halogens is 1. The van der Waals surface area contributed by atoms with Crippen molar-refractivity contribution in [1.82, 2.24) is 5.32 Å². The summed E-state index contributed by atoms with van der Waals surface area (Å²) in [4.78, 5) is 8.78. The molecular formula is C15H27FN4O. The molecule has 0 radical (unpaired) electrons. The molecule has 1 aliphatic carbocycles. The summed E-state index contributed by atoms with van der Waals surface area (Å²) >= 11 is 0. The second kappa shape index (κ2) is 10.5. The number of hydrogen-bond donors (Lipinski definition) is 2. The van der Waals surface area contributed by atoms with Crippen LogP contribution in [0.3, 0.4) is 0 Å². The van der Waals surface area contributed by atoms with Crippen molar-refractivity contribution in [3.05, 3.63) is 11.3 Å².